The molecule has 7 nitrogen and oxygen atoms in total. The number of amides is 4. The number of pyridine rings is 1. The first-order valence-corrected chi connectivity index (χ1v) is 10.4. The van der Waals surface area contributed by atoms with Crippen molar-refractivity contribution in [1.82, 2.24) is 15.2 Å². The van der Waals surface area contributed by atoms with Gasteiger partial charge in [-0.15, -0.1) is 0 Å². The topological polar surface area (TPSA) is 91.4 Å². The number of carbonyl (C=O) groups is 3. The van der Waals surface area contributed by atoms with E-state index in [1.807, 2.05) is 36.4 Å². The lowest BCUT2D eigenvalue weighted by atomic mass is 9.77. The van der Waals surface area contributed by atoms with E-state index in [1.165, 1.54) is 0 Å². The Bertz CT molecular complexity index is 935. The van der Waals surface area contributed by atoms with Gasteiger partial charge in [0.05, 0.1) is 0 Å². The minimum atomic E-state index is -0.821. The minimum Gasteiger partial charge on any atom is -0.325 e. The molecule has 1 aromatic carbocycles. The lowest BCUT2D eigenvalue weighted by Gasteiger charge is -2.33. The highest BCUT2D eigenvalue weighted by molar-refractivity contribution is 6.10. The molecule has 156 valence electrons. The summed E-state index contributed by atoms with van der Waals surface area (Å²) >= 11 is 0. The molecule has 1 spiro atoms. The van der Waals surface area contributed by atoms with E-state index in [1.54, 1.807) is 12.4 Å². The number of carbonyl (C=O) groups excluding carboxylic acids is 3. The molecule has 7 heteroatoms. The molecule has 1 aromatic heterocycles. The van der Waals surface area contributed by atoms with Gasteiger partial charge in [-0.25, -0.2) is 4.79 Å². The SMILES string of the molecule is CC1CCC2(CC1)NC(=O)N(CC(=O)Nc1ccc(Cc3ccncc3)cc1)C2=O. The highest BCUT2D eigenvalue weighted by atomic mass is 16.2. The molecule has 0 bridgehead atoms. The van der Waals surface area contributed by atoms with Gasteiger partial charge < -0.3 is 10.6 Å². The van der Waals surface area contributed by atoms with Gasteiger partial charge in [-0.2, -0.15) is 0 Å². The lowest BCUT2D eigenvalue weighted by molar-refractivity contribution is -0.135. The number of aromatic nitrogens is 1. The lowest BCUT2D eigenvalue weighted by Crippen LogP contribution is -2.49. The normalized spacial score (nSPS) is 23.5. The fourth-order valence-electron chi connectivity index (χ4n) is 4.20. The average Bonchev–Trinajstić information content (AvgIpc) is 2.97. The van der Waals surface area contributed by atoms with Crippen LogP contribution in [0.2, 0.25) is 0 Å². The maximum absolute atomic E-state index is 12.9. The van der Waals surface area contributed by atoms with E-state index in [0.29, 0.717) is 24.4 Å². The van der Waals surface area contributed by atoms with E-state index in [0.717, 1.165) is 35.3 Å². The van der Waals surface area contributed by atoms with Crippen molar-refractivity contribution in [1.29, 1.82) is 0 Å². The summed E-state index contributed by atoms with van der Waals surface area (Å²) in [6.07, 6.45) is 7.37. The molecule has 1 saturated carbocycles. The van der Waals surface area contributed by atoms with E-state index in [2.05, 4.69) is 22.5 Å². The van der Waals surface area contributed by atoms with Crippen LogP contribution in [0, 0.1) is 5.92 Å². The summed E-state index contributed by atoms with van der Waals surface area (Å²) in [4.78, 5) is 42.7. The third-order valence-corrected chi connectivity index (χ3v) is 6.07. The van der Waals surface area contributed by atoms with Crippen LogP contribution in [0.3, 0.4) is 0 Å². The van der Waals surface area contributed by atoms with Crippen LogP contribution in [0.1, 0.15) is 43.7 Å². The predicted molar refractivity (Wildman–Crippen MR) is 113 cm³/mol. The number of benzene rings is 1. The summed E-state index contributed by atoms with van der Waals surface area (Å²) in [6, 6.07) is 11.0. The van der Waals surface area contributed by atoms with Gasteiger partial charge in [0.15, 0.2) is 0 Å². The number of rotatable bonds is 5. The fourth-order valence-corrected chi connectivity index (χ4v) is 4.20. The molecule has 2 N–H and O–H groups in total. The van der Waals surface area contributed by atoms with E-state index < -0.39 is 11.6 Å². The summed E-state index contributed by atoms with van der Waals surface area (Å²) in [6.45, 7) is 1.88. The molecular weight excluding hydrogens is 380 g/mol. The molecule has 0 atom stereocenters. The molecule has 4 rings (SSSR count). The predicted octanol–water partition coefficient (Wildman–Crippen LogP) is 3.11. The minimum absolute atomic E-state index is 0.276. The molecule has 1 saturated heterocycles. The van der Waals surface area contributed by atoms with Gasteiger partial charge in [-0.3, -0.25) is 19.5 Å². The van der Waals surface area contributed by atoms with Gasteiger partial charge in [-0.05, 0) is 73.4 Å². The molecule has 4 amide bonds. The van der Waals surface area contributed by atoms with Crippen molar-refractivity contribution in [3.8, 4) is 0 Å². The Kier molecular flexibility index (Phi) is 5.53. The van der Waals surface area contributed by atoms with Crippen LogP contribution in [-0.2, 0) is 16.0 Å². The molecule has 30 heavy (non-hydrogen) atoms. The van der Waals surface area contributed by atoms with Gasteiger partial charge in [0.2, 0.25) is 5.91 Å². The summed E-state index contributed by atoms with van der Waals surface area (Å²) in [5.74, 6) is -0.108. The smallest absolute Gasteiger partial charge is 0.325 e. The van der Waals surface area contributed by atoms with Gasteiger partial charge in [-0.1, -0.05) is 19.1 Å². The third-order valence-electron chi connectivity index (χ3n) is 6.07. The van der Waals surface area contributed by atoms with Crippen molar-refractivity contribution >= 4 is 23.5 Å². The first-order chi connectivity index (χ1) is 14.4. The Morgan fingerprint density at radius 2 is 1.73 bits per heavy atom. The van der Waals surface area contributed by atoms with Gasteiger partial charge in [0.1, 0.15) is 12.1 Å². The highest BCUT2D eigenvalue weighted by Crippen LogP contribution is 2.36. The van der Waals surface area contributed by atoms with Crippen LogP contribution >= 0.6 is 0 Å². The number of nitrogens with zero attached hydrogens (tertiary/aromatic N) is 2. The zero-order valence-electron chi connectivity index (χ0n) is 17.1. The van der Waals surface area contributed by atoms with Crippen molar-refractivity contribution in [3.63, 3.8) is 0 Å². The summed E-state index contributed by atoms with van der Waals surface area (Å²) in [5.41, 5.74) is 2.08. The van der Waals surface area contributed by atoms with E-state index in [-0.39, 0.29) is 18.4 Å². The zero-order chi connectivity index (χ0) is 21.1. The van der Waals surface area contributed by atoms with Crippen LogP contribution in [0.5, 0.6) is 0 Å². The van der Waals surface area contributed by atoms with Gasteiger partial charge in [0.25, 0.3) is 5.91 Å². The molecule has 2 fully saturated rings. The second kappa shape index (κ2) is 8.26. The number of hydrogen-bond donors (Lipinski definition) is 2. The average molecular weight is 406 g/mol. The Labute approximate surface area is 175 Å². The number of anilines is 1. The molecule has 0 unspecified atom stereocenters. The fraction of sp³-hybridized carbons (Fsp3) is 0.391. The van der Waals surface area contributed by atoms with Crippen LogP contribution in [0.4, 0.5) is 10.5 Å². The Morgan fingerprint density at radius 3 is 2.40 bits per heavy atom. The van der Waals surface area contributed by atoms with E-state index in [4.69, 9.17) is 0 Å². The van der Waals surface area contributed by atoms with Crippen molar-refractivity contribution in [2.75, 3.05) is 11.9 Å². The largest absolute Gasteiger partial charge is 0.325 e. The van der Waals surface area contributed by atoms with Crippen LogP contribution in [0.15, 0.2) is 48.8 Å². The number of nitrogens with one attached hydrogen (secondary N) is 2. The Morgan fingerprint density at radius 1 is 1.10 bits per heavy atom. The van der Waals surface area contributed by atoms with Gasteiger partial charge in [0, 0.05) is 18.1 Å². The molecular formula is C23H26N4O3. The second-order valence-corrected chi connectivity index (χ2v) is 8.36. The van der Waals surface area contributed by atoms with Crippen molar-refractivity contribution < 1.29 is 14.4 Å². The van der Waals surface area contributed by atoms with Crippen LogP contribution < -0.4 is 10.6 Å². The van der Waals surface area contributed by atoms with Crippen molar-refractivity contribution in [3.05, 3.63) is 59.9 Å². The van der Waals surface area contributed by atoms with Crippen molar-refractivity contribution in [2.45, 2.75) is 44.6 Å². The summed E-state index contributed by atoms with van der Waals surface area (Å²) in [7, 11) is 0. The molecule has 2 aromatic rings. The standard InChI is InChI=1S/C23H26N4O3/c1-16-6-10-23(11-7-16)21(29)27(22(30)26-23)15-20(28)25-19-4-2-17(3-5-19)14-18-8-12-24-13-9-18/h2-5,8-9,12-13,16H,6-7,10-11,14-15H2,1H3,(H,25,28)(H,26,30). The second-order valence-electron chi connectivity index (χ2n) is 8.36. The maximum atomic E-state index is 12.9. The van der Waals surface area contributed by atoms with Crippen LogP contribution in [-0.4, -0.2) is 39.8 Å². The monoisotopic (exact) mass is 406 g/mol. The molecule has 1 aliphatic heterocycles. The Balaban J connectivity index is 1.34. The molecule has 1 aliphatic carbocycles. The zero-order valence-corrected chi connectivity index (χ0v) is 17.1. The highest BCUT2D eigenvalue weighted by Gasteiger charge is 2.52. The molecule has 2 aliphatic rings. The summed E-state index contributed by atoms with van der Waals surface area (Å²) < 4.78 is 0. The molecule has 2 heterocycles. The van der Waals surface area contributed by atoms with Gasteiger partial charge >= 0.3 is 6.03 Å². The number of urea groups is 1. The van der Waals surface area contributed by atoms with Crippen LogP contribution in [0.25, 0.3) is 0 Å². The van der Waals surface area contributed by atoms with E-state index in [9.17, 15) is 14.4 Å². The maximum Gasteiger partial charge on any atom is 0.325 e. The van der Waals surface area contributed by atoms with E-state index >= 15 is 0 Å². The first-order valence-electron chi connectivity index (χ1n) is 10.4. The van der Waals surface area contributed by atoms with Crippen molar-refractivity contribution in [2.24, 2.45) is 5.92 Å². The first kappa shape index (κ1) is 20.1. The quantitative estimate of drug-likeness (QED) is 0.747. The third kappa shape index (κ3) is 4.20. The number of imide groups is 1. The molecule has 0 radical (unpaired) electrons. The summed E-state index contributed by atoms with van der Waals surface area (Å²) in [5, 5.41) is 5.62. The Hall–Kier alpha value is -3.22. The number of hydrogen-bond acceptors (Lipinski definition) is 4.